The van der Waals surface area contributed by atoms with Crippen LogP contribution in [-0.4, -0.2) is 21.7 Å². The largest absolute Gasteiger partial charge is 0.506 e. The lowest BCUT2D eigenvalue weighted by molar-refractivity contribution is 0.0956. The maximum Gasteiger partial charge on any atom is 0.272 e. The normalized spacial score (nSPS) is 11.6. The Labute approximate surface area is 199 Å². The summed E-state index contributed by atoms with van der Waals surface area (Å²) in [6.45, 7) is 1.63. The highest BCUT2D eigenvalue weighted by Gasteiger charge is 2.16. The van der Waals surface area contributed by atoms with Crippen molar-refractivity contribution in [2.45, 2.75) is 6.92 Å². The van der Waals surface area contributed by atoms with Gasteiger partial charge >= 0.3 is 0 Å². The van der Waals surface area contributed by atoms with Crippen molar-refractivity contribution in [1.29, 1.82) is 0 Å². The van der Waals surface area contributed by atoms with E-state index in [9.17, 15) is 9.90 Å². The molecule has 5 nitrogen and oxygen atoms in total. The molecule has 0 spiro atoms. The number of hydrogen-bond acceptors (Lipinski definition) is 4. The second-order valence-electron chi connectivity index (χ2n) is 6.97. The molecule has 1 heterocycles. The van der Waals surface area contributed by atoms with Gasteiger partial charge in [-0.3, -0.25) is 4.79 Å². The van der Waals surface area contributed by atoms with E-state index in [2.05, 4.69) is 15.5 Å². The molecular formula is C24H16Cl3N3O2. The van der Waals surface area contributed by atoms with Gasteiger partial charge in [0.05, 0.1) is 27.5 Å². The highest BCUT2D eigenvalue weighted by Crippen LogP contribution is 2.32. The first kappa shape index (κ1) is 22.1. The van der Waals surface area contributed by atoms with Gasteiger partial charge in [-0.2, -0.15) is 5.10 Å². The van der Waals surface area contributed by atoms with Crippen molar-refractivity contribution in [2.24, 2.45) is 5.10 Å². The number of amides is 1. The third kappa shape index (κ3) is 4.41. The van der Waals surface area contributed by atoms with Crippen LogP contribution in [0.25, 0.3) is 22.2 Å². The number of phenolic OH excluding ortho intramolecular Hbond substituents is 1. The van der Waals surface area contributed by atoms with Gasteiger partial charge in [0.15, 0.2) is 0 Å². The summed E-state index contributed by atoms with van der Waals surface area (Å²) in [6.07, 6.45) is 0. The Morgan fingerprint density at radius 1 is 0.938 bits per heavy atom. The zero-order valence-corrected chi connectivity index (χ0v) is 19.0. The summed E-state index contributed by atoms with van der Waals surface area (Å²) >= 11 is 18.3. The number of hydrazone groups is 1. The number of fused-ring (bicyclic) bond motifs is 1. The van der Waals surface area contributed by atoms with Crippen LogP contribution in [0.1, 0.15) is 22.8 Å². The first-order chi connectivity index (χ1) is 15.3. The minimum Gasteiger partial charge on any atom is -0.506 e. The van der Waals surface area contributed by atoms with Crippen molar-refractivity contribution in [2.75, 3.05) is 0 Å². The molecule has 0 unspecified atom stereocenters. The van der Waals surface area contributed by atoms with E-state index in [4.69, 9.17) is 34.8 Å². The fourth-order valence-corrected chi connectivity index (χ4v) is 3.99. The van der Waals surface area contributed by atoms with Crippen LogP contribution in [0.15, 0.2) is 71.8 Å². The first-order valence-electron chi connectivity index (χ1n) is 9.53. The molecule has 4 aromatic rings. The van der Waals surface area contributed by atoms with Gasteiger partial charge in [-0.05, 0) is 37.3 Å². The number of phenols is 1. The van der Waals surface area contributed by atoms with Crippen molar-refractivity contribution in [1.82, 2.24) is 10.4 Å². The highest BCUT2D eigenvalue weighted by molar-refractivity contribution is 6.36. The smallest absolute Gasteiger partial charge is 0.272 e. The Balaban J connectivity index is 1.74. The first-order valence-corrected chi connectivity index (χ1v) is 10.7. The molecule has 1 aromatic heterocycles. The quantitative estimate of drug-likeness (QED) is 0.249. The predicted octanol–water partition coefficient (Wildman–Crippen LogP) is 6.72. The zero-order chi connectivity index (χ0) is 22.8. The van der Waals surface area contributed by atoms with Crippen LogP contribution in [0.3, 0.4) is 0 Å². The van der Waals surface area contributed by atoms with Crippen molar-refractivity contribution in [3.63, 3.8) is 0 Å². The molecule has 0 radical (unpaired) electrons. The number of carbonyl (C=O) groups excluding carboxylic acids is 1. The molecule has 0 aliphatic carbocycles. The molecule has 0 saturated heterocycles. The Kier molecular flexibility index (Phi) is 6.33. The van der Waals surface area contributed by atoms with Crippen LogP contribution >= 0.6 is 34.8 Å². The molecule has 32 heavy (non-hydrogen) atoms. The molecule has 0 saturated carbocycles. The summed E-state index contributed by atoms with van der Waals surface area (Å²) < 4.78 is 0. The van der Waals surface area contributed by atoms with Crippen molar-refractivity contribution >= 4 is 57.3 Å². The van der Waals surface area contributed by atoms with Crippen LogP contribution in [0, 0.1) is 0 Å². The van der Waals surface area contributed by atoms with Crippen LogP contribution in [-0.2, 0) is 0 Å². The minimum atomic E-state index is -0.441. The fourth-order valence-electron chi connectivity index (χ4n) is 3.27. The van der Waals surface area contributed by atoms with E-state index in [1.807, 2.05) is 42.5 Å². The van der Waals surface area contributed by atoms with Gasteiger partial charge in [0, 0.05) is 26.6 Å². The predicted molar refractivity (Wildman–Crippen MR) is 130 cm³/mol. The Morgan fingerprint density at radius 3 is 2.44 bits per heavy atom. The van der Waals surface area contributed by atoms with Gasteiger partial charge in [0.25, 0.3) is 5.91 Å². The Hall–Kier alpha value is -3.12. The third-order valence-electron chi connectivity index (χ3n) is 4.85. The topological polar surface area (TPSA) is 74.6 Å². The Morgan fingerprint density at radius 2 is 1.66 bits per heavy atom. The second-order valence-corrected chi connectivity index (χ2v) is 8.22. The molecule has 160 valence electrons. The number of aromatic hydroxyl groups is 1. The second kappa shape index (κ2) is 9.17. The summed E-state index contributed by atoms with van der Waals surface area (Å²) in [5.74, 6) is -0.606. The van der Waals surface area contributed by atoms with E-state index in [0.717, 1.165) is 0 Å². The number of carbonyl (C=O) groups is 1. The monoisotopic (exact) mass is 483 g/mol. The minimum absolute atomic E-state index is 0.0953. The molecule has 0 aliphatic heterocycles. The zero-order valence-electron chi connectivity index (χ0n) is 16.7. The number of halogens is 3. The lowest BCUT2D eigenvalue weighted by Crippen LogP contribution is -2.20. The highest BCUT2D eigenvalue weighted by atomic mass is 35.5. The molecule has 4 rings (SSSR count). The van der Waals surface area contributed by atoms with Gasteiger partial charge in [0.2, 0.25) is 0 Å². The molecule has 0 aliphatic rings. The number of nitrogens with one attached hydrogen (secondary N) is 1. The molecule has 2 N–H and O–H groups in total. The molecular weight excluding hydrogens is 469 g/mol. The number of para-hydroxylation sites is 1. The summed E-state index contributed by atoms with van der Waals surface area (Å²) in [4.78, 5) is 17.7. The van der Waals surface area contributed by atoms with Gasteiger partial charge in [0.1, 0.15) is 5.75 Å². The number of benzene rings is 3. The van der Waals surface area contributed by atoms with Gasteiger partial charge in [-0.1, -0.05) is 71.2 Å². The maximum atomic E-state index is 13.1. The van der Waals surface area contributed by atoms with Crippen molar-refractivity contribution < 1.29 is 9.90 Å². The lowest BCUT2D eigenvalue weighted by Gasteiger charge is -2.11. The molecule has 0 atom stereocenters. The molecule has 0 fully saturated rings. The summed E-state index contributed by atoms with van der Waals surface area (Å²) in [6, 6.07) is 19.2. The van der Waals surface area contributed by atoms with E-state index in [1.165, 1.54) is 12.1 Å². The number of rotatable bonds is 4. The number of aromatic nitrogens is 1. The third-order valence-corrected chi connectivity index (χ3v) is 5.69. The van der Waals surface area contributed by atoms with Gasteiger partial charge < -0.3 is 5.11 Å². The van der Waals surface area contributed by atoms with E-state index >= 15 is 0 Å². The summed E-state index contributed by atoms with van der Waals surface area (Å²) in [7, 11) is 0. The summed E-state index contributed by atoms with van der Waals surface area (Å²) in [5, 5.41) is 16.0. The van der Waals surface area contributed by atoms with Gasteiger partial charge in [-0.25, -0.2) is 10.4 Å². The molecule has 8 heteroatoms. The molecule has 1 amide bonds. The van der Waals surface area contributed by atoms with Crippen LogP contribution in [0.5, 0.6) is 5.75 Å². The lowest BCUT2D eigenvalue weighted by atomic mass is 10.0. The Bertz CT molecular complexity index is 1390. The average molecular weight is 485 g/mol. The van der Waals surface area contributed by atoms with Crippen molar-refractivity contribution in [3.8, 4) is 17.0 Å². The van der Waals surface area contributed by atoms with Gasteiger partial charge in [-0.15, -0.1) is 0 Å². The number of hydrogen-bond donors (Lipinski definition) is 2. The van der Waals surface area contributed by atoms with Crippen LogP contribution in [0.4, 0.5) is 0 Å². The molecule has 0 bridgehead atoms. The average Bonchev–Trinajstić information content (AvgIpc) is 2.79. The van der Waals surface area contributed by atoms with Crippen LogP contribution in [0.2, 0.25) is 15.1 Å². The van der Waals surface area contributed by atoms with E-state index in [-0.39, 0.29) is 10.8 Å². The number of pyridine rings is 1. The van der Waals surface area contributed by atoms with E-state index in [0.29, 0.717) is 49.0 Å². The fraction of sp³-hybridized carbons (Fsp3) is 0.0417. The van der Waals surface area contributed by atoms with E-state index in [1.54, 1.807) is 19.1 Å². The van der Waals surface area contributed by atoms with Crippen LogP contribution < -0.4 is 5.43 Å². The SMILES string of the molecule is C/C(=N\NC(=O)c1cc(-c2ccccc2Cl)nc2ccccc12)c1cc(Cl)cc(Cl)c1O. The number of nitrogens with zero attached hydrogens (tertiary/aromatic N) is 2. The van der Waals surface area contributed by atoms with Crippen molar-refractivity contribution in [3.05, 3.63) is 92.9 Å². The van der Waals surface area contributed by atoms with E-state index < -0.39 is 5.91 Å². The standard InChI is InChI=1S/C24H16Cl3N3O2/c1-13(17-10-14(25)11-20(27)23(17)31)29-30-24(32)18-12-22(16-7-2-4-8-19(16)26)28-21-9-5-3-6-15(18)21/h2-12,31H,1H3,(H,30,32)/b29-13+. The maximum absolute atomic E-state index is 13.1. The summed E-state index contributed by atoms with van der Waals surface area (Å²) in [5.41, 5.74) is 5.51. The molecule has 3 aromatic carbocycles.